The number of hydrogen-bond acceptors (Lipinski definition) is 2. The summed E-state index contributed by atoms with van der Waals surface area (Å²) in [6.07, 6.45) is 0. The lowest BCUT2D eigenvalue weighted by atomic mass is 9.34. The van der Waals surface area contributed by atoms with Gasteiger partial charge >= 0.3 is 0 Å². The number of rotatable bonds is 5. The predicted octanol–water partition coefficient (Wildman–Crippen LogP) is 14.6. The van der Waals surface area contributed by atoms with Crippen LogP contribution in [-0.2, 0) is 10.8 Å². The minimum Gasteiger partial charge on any atom is -0.311 e. The van der Waals surface area contributed by atoms with Gasteiger partial charge in [0.05, 0.1) is 22.2 Å². The molecule has 0 radical (unpaired) electrons. The third-order valence-corrected chi connectivity index (χ3v) is 14.6. The molecule has 13 rings (SSSR count). The summed E-state index contributed by atoms with van der Waals surface area (Å²) in [6.45, 7) is 13.8. The van der Waals surface area contributed by atoms with Gasteiger partial charge in [-0.1, -0.05) is 163 Å². The fourth-order valence-electron chi connectivity index (χ4n) is 11.4. The van der Waals surface area contributed by atoms with E-state index in [4.69, 9.17) is 0 Å². The SMILES string of the molecule is CC(C)(C)c1ccc(N(c2ccc(C(C)(C)C)cc2)c2cc3c4c(c2)-n2c5c(cccc5c5ccc6c(c7ccccc7n6-c6ccccc6)c52)B4c2ccccc2N3c2ccccc2)cc1. The molecule has 0 saturated heterocycles. The first-order valence-corrected chi connectivity index (χ1v) is 23.7. The van der Waals surface area contributed by atoms with E-state index in [1.54, 1.807) is 0 Å². The van der Waals surface area contributed by atoms with E-state index in [2.05, 4.69) is 261 Å². The molecule has 0 atom stereocenters. The molecular weight excluding hydrogens is 812 g/mol. The van der Waals surface area contributed by atoms with Crippen LogP contribution in [0.15, 0.2) is 200 Å². The van der Waals surface area contributed by atoms with Gasteiger partial charge in [0.1, 0.15) is 0 Å². The van der Waals surface area contributed by atoms with Crippen LogP contribution >= 0.6 is 0 Å². The molecule has 2 aromatic heterocycles. The quantitative estimate of drug-likeness (QED) is 0.160. The highest BCUT2D eigenvalue weighted by Crippen LogP contribution is 2.48. The Bertz CT molecular complexity index is 3700. The topological polar surface area (TPSA) is 16.3 Å². The molecule has 0 unspecified atom stereocenters. The van der Waals surface area contributed by atoms with Crippen LogP contribution in [0, 0.1) is 0 Å². The lowest BCUT2D eigenvalue weighted by Crippen LogP contribution is -2.60. The maximum atomic E-state index is 2.66. The standard InChI is InChI=1S/C62H51BN4/c1-61(2,3)40-28-32-44(33-29-40)64(45-34-30-41(31-35-45)62(4,5)6)46-38-55-58-56(39-46)67-59-47(23-17-25-51(59)63(58)50-24-14-16-27-53(50)66(55)43-20-11-8-12-21-43)48-36-37-54-57(60(48)67)49-22-13-15-26-52(49)65(54)42-18-9-7-10-19-42/h7-39H,1-6H3. The Labute approximate surface area is 393 Å². The zero-order valence-corrected chi connectivity index (χ0v) is 38.9. The zero-order valence-electron chi connectivity index (χ0n) is 38.9. The molecule has 2 aliphatic heterocycles. The van der Waals surface area contributed by atoms with Gasteiger partial charge in [-0.3, -0.25) is 0 Å². The lowest BCUT2D eigenvalue weighted by molar-refractivity contribution is 0.590. The van der Waals surface area contributed by atoms with Crippen LogP contribution in [0.5, 0.6) is 0 Å². The molecule has 322 valence electrons. The normalized spacial score (nSPS) is 13.2. The monoisotopic (exact) mass is 862 g/mol. The largest absolute Gasteiger partial charge is 0.311 e. The Morgan fingerprint density at radius 1 is 0.388 bits per heavy atom. The van der Waals surface area contributed by atoms with Gasteiger partial charge in [-0.05, 0) is 117 Å². The average Bonchev–Trinajstić information content (AvgIpc) is 3.87. The van der Waals surface area contributed by atoms with E-state index in [9.17, 15) is 0 Å². The predicted molar refractivity (Wildman–Crippen MR) is 287 cm³/mol. The van der Waals surface area contributed by atoms with Crippen LogP contribution in [-0.4, -0.2) is 15.8 Å². The Hall–Kier alpha value is -7.76. The van der Waals surface area contributed by atoms with Gasteiger partial charge < -0.3 is 18.9 Å². The van der Waals surface area contributed by atoms with Gasteiger partial charge in [0.25, 0.3) is 6.71 Å². The van der Waals surface area contributed by atoms with Crippen molar-refractivity contribution in [3.63, 3.8) is 0 Å². The molecule has 0 aliphatic carbocycles. The first-order valence-electron chi connectivity index (χ1n) is 23.7. The van der Waals surface area contributed by atoms with E-state index in [0.29, 0.717) is 0 Å². The highest BCUT2D eigenvalue weighted by Gasteiger charge is 2.43. The molecule has 0 fully saturated rings. The van der Waals surface area contributed by atoms with Crippen LogP contribution in [0.2, 0.25) is 0 Å². The molecule has 4 heterocycles. The van der Waals surface area contributed by atoms with E-state index < -0.39 is 0 Å². The molecule has 0 amide bonds. The molecule has 0 bridgehead atoms. The maximum Gasteiger partial charge on any atom is 0.252 e. The summed E-state index contributed by atoms with van der Waals surface area (Å²) in [6, 6.07) is 75.1. The van der Waals surface area contributed by atoms with Crippen molar-refractivity contribution in [2.45, 2.75) is 52.4 Å². The summed E-state index contributed by atoms with van der Waals surface area (Å²) in [7, 11) is 0. The first-order chi connectivity index (χ1) is 32.5. The third kappa shape index (κ3) is 5.87. The number of nitrogens with zero attached hydrogens (tertiary/aromatic N) is 4. The second-order valence-electron chi connectivity index (χ2n) is 20.6. The van der Waals surface area contributed by atoms with Crippen LogP contribution in [0.1, 0.15) is 52.7 Å². The highest BCUT2D eigenvalue weighted by atomic mass is 15.2. The number of para-hydroxylation sites is 5. The number of hydrogen-bond donors (Lipinski definition) is 0. The Morgan fingerprint density at radius 2 is 0.940 bits per heavy atom. The molecule has 0 saturated carbocycles. The van der Waals surface area contributed by atoms with Gasteiger partial charge in [-0.15, -0.1) is 0 Å². The summed E-state index contributed by atoms with van der Waals surface area (Å²) in [4.78, 5) is 5.00. The van der Waals surface area contributed by atoms with Gasteiger partial charge in [-0.25, -0.2) is 0 Å². The van der Waals surface area contributed by atoms with E-state index in [0.717, 1.165) is 28.4 Å². The third-order valence-electron chi connectivity index (χ3n) is 14.6. The molecule has 67 heavy (non-hydrogen) atoms. The minimum absolute atomic E-state index is 0.0162. The Kier molecular flexibility index (Phi) is 8.49. The molecule has 9 aromatic carbocycles. The number of anilines is 6. The molecule has 4 nitrogen and oxygen atoms in total. The second kappa shape index (κ2) is 14.4. The maximum absolute atomic E-state index is 2.66. The number of aromatic nitrogens is 2. The summed E-state index contributed by atoms with van der Waals surface area (Å²) >= 11 is 0. The smallest absolute Gasteiger partial charge is 0.252 e. The van der Waals surface area contributed by atoms with Crippen LogP contribution in [0.4, 0.5) is 34.1 Å². The van der Waals surface area contributed by atoms with Crippen LogP contribution in [0.25, 0.3) is 55.0 Å². The summed E-state index contributed by atoms with van der Waals surface area (Å²) in [5.41, 5.74) is 20.8. The van der Waals surface area contributed by atoms with E-state index in [1.165, 1.54) is 88.2 Å². The van der Waals surface area contributed by atoms with Gasteiger partial charge in [0, 0.05) is 66.9 Å². The molecular formula is C62H51BN4. The van der Waals surface area contributed by atoms with Crippen LogP contribution in [0.3, 0.4) is 0 Å². The number of benzene rings is 9. The Morgan fingerprint density at radius 3 is 1.61 bits per heavy atom. The summed E-state index contributed by atoms with van der Waals surface area (Å²) in [5, 5.41) is 5.05. The Balaban J connectivity index is 1.19. The number of fused-ring (bicyclic) bond motifs is 11. The van der Waals surface area contributed by atoms with Crippen molar-refractivity contribution in [2.24, 2.45) is 0 Å². The first kappa shape index (κ1) is 39.6. The summed E-state index contributed by atoms with van der Waals surface area (Å²) in [5.74, 6) is 0. The van der Waals surface area contributed by atoms with Crippen molar-refractivity contribution in [3.8, 4) is 11.4 Å². The lowest BCUT2D eigenvalue weighted by Gasteiger charge is -2.41. The highest BCUT2D eigenvalue weighted by molar-refractivity contribution is 7.00. The molecule has 0 N–H and O–H groups in total. The van der Waals surface area contributed by atoms with Gasteiger partial charge in [0.2, 0.25) is 0 Å². The zero-order chi connectivity index (χ0) is 45.3. The average molecular weight is 863 g/mol. The van der Waals surface area contributed by atoms with E-state index >= 15 is 0 Å². The minimum atomic E-state index is 0.0162. The van der Waals surface area contributed by atoms with Crippen molar-refractivity contribution >= 4 is 101 Å². The molecule has 2 aliphatic rings. The van der Waals surface area contributed by atoms with Gasteiger partial charge in [0.15, 0.2) is 0 Å². The summed E-state index contributed by atoms with van der Waals surface area (Å²) < 4.78 is 5.11. The molecule has 5 heteroatoms. The van der Waals surface area contributed by atoms with Crippen molar-refractivity contribution in [3.05, 3.63) is 211 Å². The fourth-order valence-corrected chi connectivity index (χ4v) is 11.4. The van der Waals surface area contributed by atoms with Crippen molar-refractivity contribution in [1.29, 1.82) is 0 Å². The fraction of sp³-hybridized carbons (Fsp3) is 0.129. The van der Waals surface area contributed by atoms with Crippen molar-refractivity contribution < 1.29 is 0 Å². The molecule has 0 spiro atoms. The van der Waals surface area contributed by atoms with E-state index in [1.807, 2.05) is 0 Å². The van der Waals surface area contributed by atoms with Crippen LogP contribution < -0.4 is 26.2 Å². The van der Waals surface area contributed by atoms with E-state index in [-0.39, 0.29) is 17.5 Å². The van der Waals surface area contributed by atoms with Gasteiger partial charge in [-0.2, -0.15) is 0 Å². The van der Waals surface area contributed by atoms with Crippen molar-refractivity contribution in [2.75, 3.05) is 9.80 Å². The molecule has 11 aromatic rings. The second-order valence-corrected chi connectivity index (χ2v) is 20.6. The van der Waals surface area contributed by atoms with Crippen molar-refractivity contribution in [1.82, 2.24) is 9.13 Å².